The maximum absolute atomic E-state index is 13.0. The Morgan fingerprint density at radius 1 is 1.03 bits per heavy atom. The van der Waals surface area contributed by atoms with Crippen LogP contribution >= 0.6 is 24.0 Å². The second-order valence-corrected chi connectivity index (χ2v) is 8.80. The van der Waals surface area contributed by atoms with E-state index in [0.29, 0.717) is 15.8 Å². The third-order valence-electron chi connectivity index (χ3n) is 4.96. The van der Waals surface area contributed by atoms with Crippen molar-refractivity contribution in [1.82, 2.24) is 14.7 Å². The zero-order valence-corrected chi connectivity index (χ0v) is 18.5. The Labute approximate surface area is 186 Å². The Balaban J connectivity index is 1.70. The summed E-state index contributed by atoms with van der Waals surface area (Å²) in [6, 6.07) is 20.0. The topological polar surface area (TPSA) is 38.1 Å². The van der Waals surface area contributed by atoms with Crippen LogP contribution in [0.4, 0.5) is 0 Å². The molecule has 0 unspecified atom stereocenters. The molecule has 2 heterocycles. The van der Waals surface area contributed by atoms with Crippen LogP contribution in [0.15, 0.2) is 71.8 Å². The van der Waals surface area contributed by atoms with E-state index in [1.54, 1.807) is 4.90 Å². The quantitative estimate of drug-likeness (QED) is 0.263. The Bertz CT molecular complexity index is 1070. The van der Waals surface area contributed by atoms with E-state index in [0.717, 1.165) is 41.8 Å². The highest BCUT2D eigenvalue weighted by Crippen LogP contribution is 2.35. The van der Waals surface area contributed by atoms with Crippen molar-refractivity contribution in [3.63, 3.8) is 0 Å². The molecular formula is C24H23N3OS2. The predicted octanol–water partition coefficient (Wildman–Crippen LogP) is 5.93. The van der Waals surface area contributed by atoms with E-state index in [1.807, 2.05) is 77.6 Å². The minimum Gasteiger partial charge on any atom is -0.293 e. The third-order valence-corrected chi connectivity index (χ3v) is 6.33. The second-order valence-electron chi connectivity index (χ2n) is 7.12. The number of benzene rings is 2. The molecule has 0 N–H and O–H groups in total. The Morgan fingerprint density at radius 2 is 1.73 bits per heavy atom. The van der Waals surface area contributed by atoms with Gasteiger partial charge >= 0.3 is 0 Å². The largest absolute Gasteiger partial charge is 0.293 e. The smallest absolute Gasteiger partial charge is 0.266 e. The van der Waals surface area contributed by atoms with Crippen molar-refractivity contribution in [2.75, 3.05) is 6.54 Å². The number of amides is 1. The number of thiocarbonyl (C=S) groups is 1. The lowest BCUT2D eigenvalue weighted by atomic mass is 10.1. The number of unbranched alkanes of at least 4 members (excludes halogenated alkanes) is 2. The average molecular weight is 434 g/mol. The summed E-state index contributed by atoms with van der Waals surface area (Å²) in [6.45, 7) is 2.84. The van der Waals surface area contributed by atoms with Crippen molar-refractivity contribution >= 4 is 40.3 Å². The molecule has 1 aromatic heterocycles. The molecule has 6 heteroatoms. The van der Waals surface area contributed by atoms with Gasteiger partial charge < -0.3 is 0 Å². The molecule has 30 heavy (non-hydrogen) atoms. The molecule has 4 nitrogen and oxygen atoms in total. The predicted molar refractivity (Wildman–Crippen MR) is 128 cm³/mol. The Kier molecular flexibility index (Phi) is 6.45. The first-order chi connectivity index (χ1) is 14.7. The Morgan fingerprint density at radius 3 is 2.43 bits per heavy atom. The van der Waals surface area contributed by atoms with Crippen molar-refractivity contribution in [3.8, 4) is 16.9 Å². The average Bonchev–Trinajstić information content (AvgIpc) is 3.31. The summed E-state index contributed by atoms with van der Waals surface area (Å²) >= 11 is 6.85. The van der Waals surface area contributed by atoms with Gasteiger partial charge in [0, 0.05) is 23.9 Å². The highest BCUT2D eigenvalue weighted by Gasteiger charge is 2.31. The lowest BCUT2D eigenvalue weighted by Crippen LogP contribution is -2.28. The van der Waals surface area contributed by atoms with Gasteiger partial charge in [0.25, 0.3) is 5.91 Å². The number of thioether (sulfide) groups is 1. The molecule has 4 rings (SSSR count). The van der Waals surface area contributed by atoms with Crippen molar-refractivity contribution in [2.45, 2.75) is 26.2 Å². The van der Waals surface area contributed by atoms with Gasteiger partial charge in [0.1, 0.15) is 4.32 Å². The molecule has 3 aromatic rings. The first-order valence-corrected chi connectivity index (χ1v) is 11.4. The van der Waals surface area contributed by atoms with Gasteiger partial charge in [0.2, 0.25) is 0 Å². The van der Waals surface area contributed by atoms with Crippen LogP contribution in [0.3, 0.4) is 0 Å². The van der Waals surface area contributed by atoms with Crippen molar-refractivity contribution < 1.29 is 4.79 Å². The van der Waals surface area contributed by atoms with E-state index < -0.39 is 0 Å². The number of hydrogen-bond donors (Lipinski definition) is 0. The molecule has 1 fully saturated rings. The molecular weight excluding hydrogens is 410 g/mol. The van der Waals surface area contributed by atoms with Crippen LogP contribution in [0.25, 0.3) is 23.0 Å². The molecule has 1 aliphatic rings. The zero-order valence-electron chi connectivity index (χ0n) is 16.8. The minimum atomic E-state index is -0.00687. The molecule has 1 amide bonds. The maximum Gasteiger partial charge on any atom is 0.266 e. The summed E-state index contributed by atoms with van der Waals surface area (Å²) in [5.74, 6) is -0.00687. The van der Waals surface area contributed by atoms with Gasteiger partial charge in [-0.15, -0.1) is 0 Å². The fourth-order valence-electron chi connectivity index (χ4n) is 3.38. The number of hydrogen-bond acceptors (Lipinski definition) is 4. The monoisotopic (exact) mass is 433 g/mol. The Hall–Kier alpha value is -2.70. The first-order valence-electron chi connectivity index (χ1n) is 10.1. The van der Waals surface area contributed by atoms with Gasteiger partial charge in [-0.2, -0.15) is 5.10 Å². The maximum atomic E-state index is 13.0. The van der Waals surface area contributed by atoms with Gasteiger partial charge in [-0.25, -0.2) is 4.68 Å². The van der Waals surface area contributed by atoms with Gasteiger partial charge in [0.15, 0.2) is 0 Å². The summed E-state index contributed by atoms with van der Waals surface area (Å²) in [5.41, 5.74) is 3.73. The summed E-state index contributed by atoms with van der Waals surface area (Å²) in [4.78, 5) is 15.3. The van der Waals surface area contributed by atoms with Crippen LogP contribution in [-0.4, -0.2) is 31.5 Å². The lowest BCUT2D eigenvalue weighted by Gasteiger charge is -2.13. The number of aromatic nitrogens is 2. The van der Waals surface area contributed by atoms with Gasteiger partial charge in [0.05, 0.1) is 16.3 Å². The first kappa shape index (κ1) is 20.6. The number of carbonyl (C=O) groups excluding carboxylic acids is 1. The van der Waals surface area contributed by atoms with Crippen LogP contribution in [0.5, 0.6) is 0 Å². The molecule has 1 aliphatic heterocycles. The van der Waals surface area contributed by atoms with Crippen LogP contribution < -0.4 is 0 Å². The number of para-hydroxylation sites is 1. The highest BCUT2D eigenvalue weighted by molar-refractivity contribution is 8.26. The summed E-state index contributed by atoms with van der Waals surface area (Å²) in [5, 5.41) is 4.82. The number of carbonyl (C=O) groups is 1. The van der Waals surface area contributed by atoms with E-state index >= 15 is 0 Å². The SMILES string of the molecule is CCCCCN1C(=O)C(=Cc2cn(-c3ccccc3)nc2-c2ccccc2)SC1=S. The van der Waals surface area contributed by atoms with Crippen molar-refractivity contribution in [2.24, 2.45) is 0 Å². The van der Waals surface area contributed by atoms with Crippen LogP contribution in [0.2, 0.25) is 0 Å². The molecule has 2 aromatic carbocycles. The van der Waals surface area contributed by atoms with Crippen LogP contribution in [0, 0.1) is 0 Å². The fourth-order valence-corrected chi connectivity index (χ4v) is 4.68. The second kappa shape index (κ2) is 9.41. The molecule has 1 saturated heterocycles. The van der Waals surface area contributed by atoms with Gasteiger partial charge in [-0.1, -0.05) is 92.3 Å². The van der Waals surface area contributed by atoms with Gasteiger partial charge in [-0.05, 0) is 24.6 Å². The molecule has 152 valence electrons. The molecule has 0 bridgehead atoms. The van der Waals surface area contributed by atoms with Crippen molar-refractivity contribution in [3.05, 3.63) is 77.3 Å². The molecule has 0 radical (unpaired) electrons. The lowest BCUT2D eigenvalue weighted by molar-refractivity contribution is -0.122. The normalized spacial score (nSPS) is 15.4. The molecule has 0 saturated carbocycles. The van der Waals surface area contributed by atoms with E-state index in [2.05, 4.69) is 6.92 Å². The van der Waals surface area contributed by atoms with Gasteiger partial charge in [-0.3, -0.25) is 9.69 Å². The van der Waals surface area contributed by atoms with E-state index in [1.165, 1.54) is 11.8 Å². The molecule has 0 aliphatic carbocycles. The summed E-state index contributed by atoms with van der Waals surface area (Å²) < 4.78 is 2.50. The number of rotatable bonds is 7. The minimum absolute atomic E-state index is 0.00687. The summed E-state index contributed by atoms with van der Waals surface area (Å²) in [7, 11) is 0. The van der Waals surface area contributed by atoms with E-state index in [-0.39, 0.29) is 5.91 Å². The highest BCUT2D eigenvalue weighted by atomic mass is 32.2. The standard InChI is InChI=1S/C24H23N3OS2/c1-2-3-10-15-26-23(28)21(30-24(26)29)16-19-17-27(20-13-8-5-9-14-20)25-22(19)18-11-6-4-7-12-18/h4-9,11-14,16-17H,2-3,10,15H2,1H3. The third kappa shape index (κ3) is 4.40. The molecule has 0 atom stereocenters. The summed E-state index contributed by atoms with van der Waals surface area (Å²) in [6.07, 6.45) is 7.08. The zero-order chi connectivity index (χ0) is 20.9. The van der Waals surface area contributed by atoms with Crippen molar-refractivity contribution in [1.29, 1.82) is 0 Å². The van der Waals surface area contributed by atoms with E-state index in [4.69, 9.17) is 17.3 Å². The van der Waals surface area contributed by atoms with Crippen LogP contribution in [-0.2, 0) is 4.79 Å². The molecule has 0 spiro atoms. The number of nitrogens with zero attached hydrogens (tertiary/aromatic N) is 3. The van der Waals surface area contributed by atoms with Crippen LogP contribution in [0.1, 0.15) is 31.7 Å². The fraction of sp³-hybridized carbons (Fsp3) is 0.208. The van der Waals surface area contributed by atoms with E-state index in [9.17, 15) is 4.79 Å².